The summed E-state index contributed by atoms with van der Waals surface area (Å²) in [6, 6.07) is 28.5. The van der Waals surface area contributed by atoms with E-state index in [1.807, 2.05) is 91.0 Å². The molecule has 2 N–H and O–H groups in total. The van der Waals surface area contributed by atoms with Crippen molar-refractivity contribution in [2.75, 3.05) is 5.73 Å². The van der Waals surface area contributed by atoms with Gasteiger partial charge >= 0.3 is 0 Å². The van der Waals surface area contributed by atoms with Crippen molar-refractivity contribution in [1.82, 2.24) is 4.98 Å². The molecule has 31 heavy (non-hydrogen) atoms. The molecule has 1 aromatic heterocycles. The fourth-order valence-electron chi connectivity index (χ4n) is 3.38. The van der Waals surface area contributed by atoms with E-state index in [0.717, 1.165) is 28.0 Å². The van der Waals surface area contributed by atoms with Crippen LogP contribution in [0.1, 0.15) is 22.4 Å². The lowest BCUT2D eigenvalue weighted by molar-refractivity contribution is -0.294. The number of anilines is 1. The number of oxime groups is 1. The Kier molecular flexibility index (Phi) is 5.77. The van der Waals surface area contributed by atoms with Crippen molar-refractivity contribution in [3.8, 4) is 0 Å². The van der Waals surface area contributed by atoms with Gasteiger partial charge in [-0.25, -0.2) is 4.98 Å². The molecule has 0 atom stereocenters. The third-order valence-electron chi connectivity index (χ3n) is 4.77. The van der Waals surface area contributed by atoms with Crippen molar-refractivity contribution in [3.63, 3.8) is 0 Å². The minimum Gasteiger partial charge on any atom is -0.543 e. The van der Waals surface area contributed by atoms with Crippen LogP contribution in [0.25, 0.3) is 0 Å². The first kappa shape index (κ1) is 20.3. The van der Waals surface area contributed by atoms with Crippen molar-refractivity contribution >= 4 is 28.1 Å². The molecule has 0 bridgehead atoms. The van der Waals surface area contributed by atoms with Crippen LogP contribution in [-0.4, -0.2) is 16.7 Å². The summed E-state index contributed by atoms with van der Waals surface area (Å²) in [6.07, 6.45) is 0. The summed E-state index contributed by atoms with van der Waals surface area (Å²) in [6.45, 7) is 0. The van der Waals surface area contributed by atoms with Crippen molar-refractivity contribution in [2.45, 2.75) is 5.60 Å². The highest BCUT2D eigenvalue weighted by atomic mass is 32.1. The molecule has 0 aliphatic heterocycles. The van der Waals surface area contributed by atoms with Crippen LogP contribution in [0.5, 0.6) is 0 Å². The summed E-state index contributed by atoms with van der Waals surface area (Å²) in [5.41, 5.74) is 6.48. The standard InChI is InChI=1S/C24H19N3O3S/c25-23-26-20(16-31-23)21(22(28)29)27-30-24(17-10-4-1-5-11-17,18-12-6-2-7-13-18)19-14-8-3-9-15-19/h1-16H,(H2,25,26)(H,28,29)/p-1/b27-21-. The highest BCUT2D eigenvalue weighted by molar-refractivity contribution is 7.13. The number of hydrogen-bond acceptors (Lipinski definition) is 7. The van der Waals surface area contributed by atoms with Crippen molar-refractivity contribution in [3.05, 3.63) is 119 Å². The topological polar surface area (TPSA) is 101 Å². The lowest BCUT2D eigenvalue weighted by Crippen LogP contribution is -2.35. The van der Waals surface area contributed by atoms with Gasteiger partial charge in [0.2, 0.25) is 5.60 Å². The van der Waals surface area contributed by atoms with E-state index < -0.39 is 17.3 Å². The first-order valence-corrected chi connectivity index (χ1v) is 10.3. The zero-order valence-electron chi connectivity index (χ0n) is 16.3. The molecule has 6 nitrogen and oxygen atoms in total. The highest BCUT2D eigenvalue weighted by Crippen LogP contribution is 2.40. The summed E-state index contributed by atoms with van der Waals surface area (Å²) >= 11 is 1.11. The van der Waals surface area contributed by atoms with Gasteiger partial charge in [0.15, 0.2) is 10.8 Å². The van der Waals surface area contributed by atoms with E-state index in [9.17, 15) is 9.90 Å². The van der Waals surface area contributed by atoms with Gasteiger partial charge in [-0.05, 0) is 0 Å². The average Bonchev–Trinajstić information content (AvgIpc) is 3.24. The van der Waals surface area contributed by atoms with Gasteiger partial charge in [0, 0.05) is 22.1 Å². The molecule has 0 radical (unpaired) electrons. The van der Waals surface area contributed by atoms with Crippen LogP contribution in [-0.2, 0) is 15.2 Å². The third-order valence-corrected chi connectivity index (χ3v) is 5.45. The molecule has 0 fully saturated rings. The quantitative estimate of drug-likeness (QED) is 0.277. The van der Waals surface area contributed by atoms with Crippen molar-refractivity contribution in [2.24, 2.45) is 5.16 Å². The molecular formula is C24H18N3O3S-. The van der Waals surface area contributed by atoms with Crippen LogP contribution in [0.4, 0.5) is 5.13 Å². The molecule has 0 spiro atoms. The number of carboxylic acid groups (broad SMARTS) is 1. The van der Waals surface area contributed by atoms with Crippen molar-refractivity contribution in [1.29, 1.82) is 0 Å². The predicted molar refractivity (Wildman–Crippen MR) is 118 cm³/mol. The van der Waals surface area contributed by atoms with Crippen molar-refractivity contribution < 1.29 is 14.7 Å². The zero-order valence-corrected chi connectivity index (χ0v) is 17.2. The number of rotatable bonds is 7. The van der Waals surface area contributed by atoms with Gasteiger partial charge in [0.05, 0.1) is 5.97 Å². The summed E-state index contributed by atoms with van der Waals surface area (Å²) in [5, 5.41) is 17.6. The van der Waals surface area contributed by atoms with Gasteiger partial charge < -0.3 is 20.5 Å². The minimum atomic E-state index is -1.51. The zero-order chi connectivity index (χ0) is 21.7. The van der Waals surface area contributed by atoms with E-state index in [1.54, 1.807) is 0 Å². The maximum Gasteiger partial charge on any atom is 0.212 e. The Hall–Kier alpha value is -3.97. The Morgan fingerprint density at radius 3 is 1.68 bits per heavy atom. The van der Waals surface area contributed by atoms with E-state index >= 15 is 0 Å². The largest absolute Gasteiger partial charge is 0.543 e. The molecule has 4 aromatic rings. The van der Waals surface area contributed by atoms with Crippen LogP contribution in [0.15, 0.2) is 102 Å². The molecule has 7 heteroatoms. The van der Waals surface area contributed by atoms with Gasteiger partial charge in [-0.15, -0.1) is 11.3 Å². The highest BCUT2D eigenvalue weighted by Gasteiger charge is 2.39. The smallest absolute Gasteiger partial charge is 0.212 e. The Balaban J connectivity index is 1.95. The number of benzene rings is 3. The second-order valence-electron chi connectivity index (χ2n) is 6.67. The van der Waals surface area contributed by atoms with Crippen LogP contribution < -0.4 is 10.8 Å². The number of nitrogens with zero attached hydrogens (tertiary/aromatic N) is 2. The van der Waals surface area contributed by atoms with Gasteiger partial charge in [-0.3, -0.25) is 0 Å². The summed E-state index contributed by atoms with van der Waals surface area (Å²) in [7, 11) is 0. The van der Waals surface area contributed by atoms with E-state index in [2.05, 4.69) is 10.1 Å². The Bertz CT molecular complexity index is 1100. The molecule has 3 aromatic carbocycles. The van der Waals surface area contributed by atoms with E-state index in [4.69, 9.17) is 10.6 Å². The van der Waals surface area contributed by atoms with E-state index in [0.29, 0.717) is 0 Å². The molecular weight excluding hydrogens is 410 g/mol. The lowest BCUT2D eigenvalue weighted by Gasteiger charge is -2.33. The third kappa shape index (κ3) is 4.04. The number of nitrogen functional groups attached to an aromatic ring is 1. The number of carbonyl (C=O) groups excluding carboxylic acids is 1. The molecule has 1 heterocycles. The Morgan fingerprint density at radius 1 is 0.871 bits per heavy atom. The normalized spacial score (nSPS) is 11.8. The number of aromatic nitrogens is 1. The minimum absolute atomic E-state index is 0.0885. The second kappa shape index (κ2) is 8.81. The maximum absolute atomic E-state index is 11.8. The Morgan fingerprint density at radius 2 is 1.32 bits per heavy atom. The molecule has 0 saturated heterocycles. The number of nitrogens with two attached hydrogens (primary N) is 1. The first-order valence-electron chi connectivity index (χ1n) is 9.46. The molecule has 0 aliphatic rings. The molecule has 0 unspecified atom stereocenters. The maximum atomic E-state index is 11.8. The van der Waals surface area contributed by atoms with Gasteiger partial charge in [-0.2, -0.15) is 0 Å². The summed E-state index contributed by atoms with van der Waals surface area (Å²) < 4.78 is 0. The molecule has 0 saturated carbocycles. The fraction of sp³-hybridized carbons (Fsp3) is 0.0417. The van der Waals surface area contributed by atoms with E-state index in [1.165, 1.54) is 5.38 Å². The molecule has 154 valence electrons. The monoisotopic (exact) mass is 428 g/mol. The predicted octanol–water partition coefficient (Wildman–Crippen LogP) is 3.19. The van der Waals surface area contributed by atoms with Crippen LogP contribution >= 0.6 is 11.3 Å². The van der Waals surface area contributed by atoms with E-state index in [-0.39, 0.29) is 10.8 Å². The number of aliphatic carboxylic acids is 1. The summed E-state index contributed by atoms with van der Waals surface area (Å²) in [4.78, 5) is 22.0. The number of carbonyl (C=O) groups is 1. The Labute approximate surface area is 183 Å². The SMILES string of the molecule is Nc1nc(/C(=N/OC(c2ccccc2)(c2ccccc2)c2ccccc2)C(=O)[O-])cs1. The summed E-state index contributed by atoms with van der Waals surface area (Å²) in [5.74, 6) is -1.51. The van der Waals surface area contributed by atoms with Gasteiger partial charge in [-0.1, -0.05) is 96.2 Å². The molecule has 0 aliphatic carbocycles. The number of carboxylic acids is 1. The number of hydrogen-bond donors (Lipinski definition) is 1. The van der Waals surface area contributed by atoms with Crippen LogP contribution in [0, 0.1) is 0 Å². The van der Waals surface area contributed by atoms with Crippen LogP contribution in [0.3, 0.4) is 0 Å². The number of thiazole rings is 1. The lowest BCUT2D eigenvalue weighted by atomic mass is 9.80. The fourth-order valence-corrected chi connectivity index (χ4v) is 3.92. The average molecular weight is 428 g/mol. The van der Waals surface area contributed by atoms with Gasteiger partial charge in [0.25, 0.3) is 0 Å². The van der Waals surface area contributed by atoms with Crippen LogP contribution in [0.2, 0.25) is 0 Å². The first-order chi connectivity index (χ1) is 15.1. The second-order valence-corrected chi connectivity index (χ2v) is 7.56. The molecule has 4 rings (SSSR count). The van der Waals surface area contributed by atoms with Gasteiger partial charge in [0.1, 0.15) is 5.69 Å². The molecule has 0 amide bonds.